The standard InChI is InChI=1S/C10H21N.C2H6/c1-4-11(3)10-8-6-5-7-9(10)2;1-2/h9-10H,4-8H2,1-3H3;1-2H3. The molecule has 1 saturated carbocycles. The van der Waals surface area contributed by atoms with Crippen LogP contribution in [0, 0.1) is 5.92 Å². The van der Waals surface area contributed by atoms with Crippen molar-refractivity contribution in [1.29, 1.82) is 0 Å². The minimum Gasteiger partial charge on any atom is -0.303 e. The zero-order valence-corrected chi connectivity index (χ0v) is 10.1. The summed E-state index contributed by atoms with van der Waals surface area (Å²) in [7, 11) is 2.26. The predicted octanol–water partition coefficient (Wildman–Crippen LogP) is 3.54. The quantitative estimate of drug-likeness (QED) is 0.636. The lowest BCUT2D eigenvalue weighted by molar-refractivity contribution is 0.146. The van der Waals surface area contributed by atoms with Crippen molar-refractivity contribution >= 4 is 0 Å². The number of hydrogen-bond donors (Lipinski definition) is 0. The highest BCUT2D eigenvalue weighted by Gasteiger charge is 2.23. The van der Waals surface area contributed by atoms with E-state index in [1.165, 1.54) is 32.2 Å². The second-order valence-corrected chi connectivity index (χ2v) is 3.90. The van der Waals surface area contributed by atoms with Crippen molar-refractivity contribution in [2.75, 3.05) is 13.6 Å². The van der Waals surface area contributed by atoms with E-state index < -0.39 is 0 Å². The van der Waals surface area contributed by atoms with Gasteiger partial charge in [-0.05, 0) is 32.4 Å². The molecule has 80 valence electrons. The van der Waals surface area contributed by atoms with Crippen LogP contribution in [-0.2, 0) is 0 Å². The number of hydrogen-bond acceptors (Lipinski definition) is 1. The van der Waals surface area contributed by atoms with E-state index in [0.29, 0.717) is 0 Å². The highest BCUT2D eigenvalue weighted by Crippen LogP contribution is 2.26. The van der Waals surface area contributed by atoms with Crippen LogP contribution < -0.4 is 0 Å². The molecule has 13 heavy (non-hydrogen) atoms. The molecule has 2 atom stereocenters. The van der Waals surface area contributed by atoms with Crippen molar-refractivity contribution in [2.24, 2.45) is 5.92 Å². The van der Waals surface area contributed by atoms with Gasteiger partial charge in [0.1, 0.15) is 0 Å². The Kier molecular flexibility index (Phi) is 7.35. The van der Waals surface area contributed by atoms with Gasteiger partial charge in [0.2, 0.25) is 0 Å². The molecule has 0 aromatic heterocycles. The monoisotopic (exact) mass is 185 g/mol. The summed E-state index contributed by atoms with van der Waals surface area (Å²) in [4.78, 5) is 2.50. The van der Waals surface area contributed by atoms with E-state index in [2.05, 4.69) is 25.8 Å². The first kappa shape index (κ1) is 13.0. The second kappa shape index (κ2) is 7.37. The first-order valence-electron chi connectivity index (χ1n) is 5.96. The predicted molar refractivity (Wildman–Crippen MR) is 61.1 cm³/mol. The summed E-state index contributed by atoms with van der Waals surface area (Å²) in [5.41, 5.74) is 0. The van der Waals surface area contributed by atoms with Crippen molar-refractivity contribution in [3.05, 3.63) is 0 Å². The van der Waals surface area contributed by atoms with Gasteiger partial charge in [-0.25, -0.2) is 0 Å². The molecule has 0 spiro atoms. The minimum absolute atomic E-state index is 0.869. The molecule has 0 bridgehead atoms. The maximum Gasteiger partial charge on any atom is 0.0118 e. The van der Waals surface area contributed by atoms with E-state index in [-0.39, 0.29) is 0 Å². The molecule has 0 aliphatic heterocycles. The molecule has 0 aromatic carbocycles. The third-order valence-corrected chi connectivity index (χ3v) is 3.13. The molecule has 1 aliphatic rings. The molecule has 0 aromatic rings. The lowest BCUT2D eigenvalue weighted by Gasteiger charge is -2.35. The Bertz CT molecular complexity index is 108. The van der Waals surface area contributed by atoms with Crippen LogP contribution in [0.5, 0.6) is 0 Å². The molecule has 0 radical (unpaired) electrons. The van der Waals surface area contributed by atoms with E-state index in [1.807, 2.05) is 13.8 Å². The second-order valence-electron chi connectivity index (χ2n) is 3.90. The van der Waals surface area contributed by atoms with Crippen LogP contribution in [0.4, 0.5) is 0 Å². The van der Waals surface area contributed by atoms with Gasteiger partial charge in [-0.3, -0.25) is 0 Å². The number of rotatable bonds is 2. The van der Waals surface area contributed by atoms with Gasteiger partial charge >= 0.3 is 0 Å². The van der Waals surface area contributed by atoms with Crippen LogP contribution >= 0.6 is 0 Å². The molecule has 0 heterocycles. The molecule has 1 fully saturated rings. The highest BCUT2D eigenvalue weighted by molar-refractivity contribution is 4.78. The fourth-order valence-electron chi connectivity index (χ4n) is 2.19. The molecule has 1 nitrogen and oxygen atoms in total. The molecule has 0 amide bonds. The first-order valence-corrected chi connectivity index (χ1v) is 5.96. The molecule has 2 unspecified atom stereocenters. The van der Waals surface area contributed by atoms with Crippen molar-refractivity contribution in [1.82, 2.24) is 4.90 Å². The smallest absolute Gasteiger partial charge is 0.0118 e. The summed E-state index contributed by atoms with van der Waals surface area (Å²) in [6.45, 7) is 9.85. The largest absolute Gasteiger partial charge is 0.303 e. The fraction of sp³-hybridized carbons (Fsp3) is 1.00. The Hall–Kier alpha value is -0.0400. The molecular weight excluding hydrogens is 158 g/mol. The highest BCUT2D eigenvalue weighted by atomic mass is 15.1. The van der Waals surface area contributed by atoms with Gasteiger partial charge in [-0.1, -0.05) is 40.5 Å². The van der Waals surface area contributed by atoms with Crippen LogP contribution in [0.2, 0.25) is 0 Å². The zero-order valence-electron chi connectivity index (χ0n) is 10.1. The Morgan fingerprint density at radius 3 is 2.15 bits per heavy atom. The molecular formula is C12H27N. The normalized spacial score (nSPS) is 28.2. The minimum atomic E-state index is 0.869. The summed E-state index contributed by atoms with van der Waals surface area (Å²) >= 11 is 0. The van der Waals surface area contributed by atoms with Crippen LogP contribution in [0.15, 0.2) is 0 Å². The van der Waals surface area contributed by atoms with Gasteiger partial charge in [0.15, 0.2) is 0 Å². The topological polar surface area (TPSA) is 3.24 Å². The average Bonchev–Trinajstić information content (AvgIpc) is 2.20. The fourth-order valence-corrected chi connectivity index (χ4v) is 2.19. The van der Waals surface area contributed by atoms with E-state index in [0.717, 1.165) is 12.0 Å². The Morgan fingerprint density at radius 2 is 1.69 bits per heavy atom. The van der Waals surface area contributed by atoms with Crippen molar-refractivity contribution in [3.63, 3.8) is 0 Å². The molecule has 1 rings (SSSR count). The van der Waals surface area contributed by atoms with Gasteiger partial charge in [0.25, 0.3) is 0 Å². The molecule has 1 aliphatic carbocycles. The molecule has 0 N–H and O–H groups in total. The van der Waals surface area contributed by atoms with Crippen molar-refractivity contribution in [2.45, 2.75) is 59.4 Å². The maximum absolute atomic E-state index is 2.50. The van der Waals surface area contributed by atoms with Gasteiger partial charge < -0.3 is 4.90 Å². The lowest BCUT2D eigenvalue weighted by Crippen LogP contribution is -2.38. The summed E-state index contributed by atoms with van der Waals surface area (Å²) < 4.78 is 0. The van der Waals surface area contributed by atoms with Gasteiger partial charge in [-0.2, -0.15) is 0 Å². The molecule has 0 saturated heterocycles. The lowest BCUT2D eigenvalue weighted by atomic mass is 9.85. The van der Waals surface area contributed by atoms with E-state index in [4.69, 9.17) is 0 Å². The number of nitrogens with zero attached hydrogens (tertiary/aromatic N) is 1. The third kappa shape index (κ3) is 4.12. The van der Waals surface area contributed by atoms with Gasteiger partial charge in [0.05, 0.1) is 0 Å². The summed E-state index contributed by atoms with van der Waals surface area (Å²) in [6.07, 6.45) is 5.76. The van der Waals surface area contributed by atoms with Crippen LogP contribution in [0.1, 0.15) is 53.4 Å². The Labute approximate surface area is 84.5 Å². The third-order valence-electron chi connectivity index (χ3n) is 3.13. The van der Waals surface area contributed by atoms with Crippen molar-refractivity contribution in [3.8, 4) is 0 Å². The van der Waals surface area contributed by atoms with E-state index in [1.54, 1.807) is 0 Å². The van der Waals surface area contributed by atoms with Crippen LogP contribution in [-0.4, -0.2) is 24.5 Å². The summed E-state index contributed by atoms with van der Waals surface area (Å²) in [5, 5.41) is 0. The first-order chi connectivity index (χ1) is 6.25. The Morgan fingerprint density at radius 1 is 1.15 bits per heavy atom. The van der Waals surface area contributed by atoms with Gasteiger partial charge in [-0.15, -0.1) is 0 Å². The summed E-state index contributed by atoms with van der Waals surface area (Å²) in [6, 6.07) is 0.869. The van der Waals surface area contributed by atoms with Gasteiger partial charge in [0, 0.05) is 6.04 Å². The maximum atomic E-state index is 2.50. The Balaban J connectivity index is 0.000000671. The van der Waals surface area contributed by atoms with E-state index >= 15 is 0 Å². The van der Waals surface area contributed by atoms with Crippen LogP contribution in [0.25, 0.3) is 0 Å². The average molecular weight is 185 g/mol. The summed E-state index contributed by atoms with van der Waals surface area (Å²) in [5.74, 6) is 0.925. The molecule has 1 heteroatoms. The zero-order chi connectivity index (χ0) is 10.3. The van der Waals surface area contributed by atoms with Crippen molar-refractivity contribution < 1.29 is 0 Å². The van der Waals surface area contributed by atoms with E-state index in [9.17, 15) is 0 Å². The van der Waals surface area contributed by atoms with Crippen LogP contribution in [0.3, 0.4) is 0 Å². The SMILES string of the molecule is CC.CCN(C)C1CCCCC1C.